The number of benzene rings is 1. The van der Waals surface area contributed by atoms with Gasteiger partial charge in [-0.1, -0.05) is 6.07 Å². The SMILES string of the molecule is O=c1[nH]c2nonc2nc1Cc1ccc(OCCCC(F)(F)F)c(C(F)(F)F)c1. The topological polar surface area (TPSA) is 93.9 Å². The second-order valence-corrected chi connectivity index (χ2v) is 6.02. The van der Waals surface area contributed by atoms with Gasteiger partial charge in [0.25, 0.3) is 5.56 Å². The third-order valence-electron chi connectivity index (χ3n) is 3.79. The van der Waals surface area contributed by atoms with Gasteiger partial charge in [-0.05, 0) is 34.4 Å². The fourth-order valence-electron chi connectivity index (χ4n) is 2.50. The zero-order valence-electron chi connectivity index (χ0n) is 14.4. The standard InChI is InChI=1S/C16H12F6N4O3/c17-15(18,19)4-1-5-28-11-3-2-8(6-9(11)16(20,21)22)7-10-14(27)24-13-12(23-10)25-29-26-13/h2-3,6H,1,4-5,7H2,(H,24,26,27). The quantitative estimate of drug-likeness (QED) is 0.482. The van der Waals surface area contributed by atoms with Crippen molar-refractivity contribution in [3.8, 4) is 5.75 Å². The number of nitrogens with one attached hydrogen (secondary N) is 1. The summed E-state index contributed by atoms with van der Waals surface area (Å²) in [6.07, 6.45) is -11.1. The summed E-state index contributed by atoms with van der Waals surface area (Å²) in [6.45, 7) is -0.529. The fraction of sp³-hybridized carbons (Fsp3) is 0.375. The van der Waals surface area contributed by atoms with Crippen molar-refractivity contribution in [3.63, 3.8) is 0 Å². The van der Waals surface area contributed by atoms with E-state index >= 15 is 0 Å². The van der Waals surface area contributed by atoms with Gasteiger partial charge in [0.05, 0.1) is 12.2 Å². The maximum Gasteiger partial charge on any atom is 0.419 e. The van der Waals surface area contributed by atoms with Crippen LogP contribution in [-0.2, 0) is 12.6 Å². The van der Waals surface area contributed by atoms with Crippen LogP contribution in [0.1, 0.15) is 29.7 Å². The van der Waals surface area contributed by atoms with Gasteiger partial charge in [0, 0.05) is 12.8 Å². The van der Waals surface area contributed by atoms with E-state index in [0.717, 1.165) is 12.1 Å². The number of aromatic amines is 1. The Balaban J connectivity index is 1.81. The molecule has 2 heterocycles. The van der Waals surface area contributed by atoms with Crippen LogP contribution in [0.15, 0.2) is 27.6 Å². The van der Waals surface area contributed by atoms with E-state index in [1.165, 1.54) is 6.07 Å². The highest BCUT2D eigenvalue weighted by Crippen LogP contribution is 2.37. The number of aromatic nitrogens is 4. The molecule has 2 aromatic heterocycles. The predicted molar refractivity (Wildman–Crippen MR) is 85.3 cm³/mol. The van der Waals surface area contributed by atoms with Crippen molar-refractivity contribution in [2.45, 2.75) is 31.6 Å². The number of hydrogen-bond donors (Lipinski definition) is 1. The summed E-state index contributed by atoms with van der Waals surface area (Å²) in [5.41, 5.74) is -1.87. The van der Waals surface area contributed by atoms with Gasteiger partial charge < -0.3 is 4.74 Å². The molecule has 1 aromatic carbocycles. The first kappa shape index (κ1) is 20.6. The highest BCUT2D eigenvalue weighted by molar-refractivity contribution is 5.62. The van der Waals surface area contributed by atoms with Crippen LogP contribution in [0.25, 0.3) is 11.3 Å². The van der Waals surface area contributed by atoms with Crippen molar-refractivity contribution in [2.24, 2.45) is 0 Å². The number of H-pyrrole nitrogens is 1. The van der Waals surface area contributed by atoms with Gasteiger partial charge in [0.2, 0.25) is 11.3 Å². The number of hydrogen-bond acceptors (Lipinski definition) is 6. The lowest BCUT2D eigenvalue weighted by Crippen LogP contribution is -2.16. The first-order valence-electron chi connectivity index (χ1n) is 8.14. The highest BCUT2D eigenvalue weighted by Gasteiger charge is 2.35. The zero-order valence-corrected chi connectivity index (χ0v) is 14.4. The highest BCUT2D eigenvalue weighted by atomic mass is 19.4. The Kier molecular flexibility index (Phi) is 5.48. The smallest absolute Gasteiger partial charge is 0.419 e. The maximum absolute atomic E-state index is 13.3. The Morgan fingerprint density at radius 1 is 1.10 bits per heavy atom. The summed E-state index contributed by atoms with van der Waals surface area (Å²) >= 11 is 0. The minimum absolute atomic E-state index is 0.00247. The Morgan fingerprint density at radius 3 is 2.55 bits per heavy atom. The molecule has 0 aliphatic heterocycles. The van der Waals surface area contributed by atoms with Crippen LogP contribution < -0.4 is 10.3 Å². The van der Waals surface area contributed by atoms with Crippen molar-refractivity contribution < 1.29 is 35.7 Å². The van der Waals surface area contributed by atoms with E-state index < -0.39 is 48.7 Å². The average Bonchev–Trinajstić information content (AvgIpc) is 3.05. The third-order valence-corrected chi connectivity index (χ3v) is 3.79. The molecule has 3 rings (SSSR count). The molecule has 0 bridgehead atoms. The number of halogens is 6. The van der Waals surface area contributed by atoms with Crippen molar-refractivity contribution in [1.82, 2.24) is 20.3 Å². The Bertz CT molecular complexity index is 1060. The van der Waals surface area contributed by atoms with Crippen LogP contribution >= 0.6 is 0 Å². The largest absolute Gasteiger partial charge is 0.493 e. The summed E-state index contributed by atoms with van der Waals surface area (Å²) in [6, 6.07) is 3.02. The first-order chi connectivity index (χ1) is 13.5. The molecule has 0 saturated carbocycles. The first-order valence-corrected chi connectivity index (χ1v) is 8.14. The van der Waals surface area contributed by atoms with Gasteiger partial charge in [0.1, 0.15) is 11.4 Å². The fourth-order valence-corrected chi connectivity index (χ4v) is 2.50. The second-order valence-electron chi connectivity index (χ2n) is 6.02. The number of ether oxygens (including phenoxy) is 1. The minimum atomic E-state index is -4.81. The van der Waals surface area contributed by atoms with Crippen LogP contribution in [0.4, 0.5) is 26.3 Å². The van der Waals surface area contributed by atoms with E-state index in [4.69, 9.17) is 4.74 Å². The molecule has 0 aliphatic carbocycles. The Hall–Kier alpha value is -3.12. The van der Waals surface area contributed by atoms with E-state index in [1.807, 2.05) is 0 Å². The normalized spacial score (nSPS) is 12.5. The van der Waals surface area contributed by atoms with Crippen molar-refractivity contribution in [2.75, 3.05) is 6.61 Å². The molecule has 0 fully saturated rings. The van der Waals surface area contributed by atoms with Crippen LogP contribution in [-0.4, -0.2) is 33.1 Å². The number of fused-ring (bicyclic) bond motifs is 1. The number of alkyl halides is 6. The van der Waals surface area contributed by atoms with Gasteiger partial charge >= 0.3 is 12.4 Å². The predicted octanol–water partition coefficient (Wildman–Crippen LogP) is 3.64. The van der Waals surface area contributed by atoms with Crippen LogP contribution in [0.2, 0.25) is 0 Å². The molecule has 0 unspecified atom stereocenters. The third kappa shape index (κ3) is 5.23. The average molecular weight is 422 g/mol. The molecule has 1 N–H and O–H groups in total. The van der Waals surface area contributed by atoms with Crippen molar-refractivity contribution >= 4 is 11.3 Å². The molecule has 29 heavy (non-hydrogen) atoms. The van der Waals surface area contributed by atoms with Gasteiger partial charge in [-0.3, -0.25) is 9.78 Å². The molecule has 0 amide bonds. The lowest BCUT2D eigenvalue weighted by atomic mass is 10.0. The lowest BCUT2D eigenvalue weighted by molar-refractivity contribution is -0.141. The number of rotatable bonds is 6. The molecular formula is C16H12F6N4O3. The van der Waals surface area contributed by atoms with Crippen molar-refractivity contribution in [3.05, 3.63) is 45.4 Å². The molecule has 0 spiro atoms. The van der Waals surface area contributed by atoms with Gasteiger partial charge in [-0.25, -0.2) is 9.61 Å². The Morgan fingerprint density at radius 2 is 1.86 bits per heavy atom. The minimum Gasteiger partial charge on any atom is -0.493 e. The number of nitrogens with zero attached hydrogens (tertiary/aromatic N) is 3. The van der Waals surface area contributed by atoms with E-state index in [9.17, 15) is 31.1 Å². The van der Waals surface area contributed by atoms with E-state index in [0.29, 0.717) is 0 Å². The molecule has 0 saturated heterocycles. The molecular weight excluding hydrogens is 410 g/mol. The lowest BCUT2D eigenvalue weighted by Gasteiger charge is -2.15. The summed E-state index contributed by atoms with van der Waals surface area (Å²) in [5.74, 6) is -0.596. The van der Waals surface area contributed by atoms with E-state index in [-0.39, 0.29) is 29.0 Å². The molecule has 0 aliphatic rings. The monoisotopic (exact) mass is 422 g/mol. The molecule has 0 radical (unpaired) electrons. The van der Waals surface area contributed by atoms with Crippen LogP contribution in [0, 0.1) is 0 Å². The van der Waals surface area contributed by atoms with E-state index in [2.05, 4.69) is 24.9 Å². The summed E-state index contributed by atoms with van der Waals surface area (Å²) in [7, 11) is 0. The molecule has 13 heteroatoms. The summed E-state index contributed by atoms with van der Waals surface area (Å²) in [5, 5.41) is 6.84. The summed E-state index contributed by atoms with van der Waals surface area (Å²) in [4.78, 5) is 18.2. The molecule has 3 aromatic rings. The van der Waals surface area contributed by atoms with Crippen molar-refractivity contribution in [1.29, 1.82) is 0 Å². The molecule has 7 nitrogen and oxygen atoms in total. The van der Waals surface area contributed by atoms with Crippen LogP contribution in [0.3, 0.4) is 0 Å². The van der Waals surface area contributed by atoms with Gasteiger partial charge in [-0.2, -0.15) is 26.3 Å². The molecule has 0 atom stereocenters. The van der Waals surface area contributed by atoms with Crippen LogP contribution in [0.5, 0.6) is 5.75 Å². The maximum atomic E-state index is 13.3. The Labute approximate surface area is 157 Å². The molecule has 156 valence electrons. The summed E-state index contributed by atoms with van der Waals surface area (Å²) < 4.78 is 85.7. The van der Waals surface area contributed by atoms with E-state index in [1.54, 1.807) is 0 Å². The zero-order chi connectivity index (χ0) is 21.2. The van der Waals surface area contributed by atoms with Gasteiger partial charge in [0.15, 0.2) is 0 Å². The second kappa shape index (κ2) is 7.72. The van der Waals surface area contributed by atoms with Gasteiger partial charge in [-0.15, -0.1) is 0 Å².